The van der Waals surface area contributed by atoms with E-state index in [2.05, 4.69) is 5.32 Å². The smallest absolute Gasteiger partial charge is 0.345 e. The van der Waals surface area contributed by atoms with Gasteiger partial charge in [0, 0.05) is 23.0 Å². The number of carboxylic acids is 1. The molecule has 0 saturated carbocycles. The number of nitrogens with one attached hydrogen (secondary N) is 1. The Hall–Kier alpha value is -1.36. The molecular formula is C14H14ClNO2S. The van der Waals surface area contributed by atoms with Crippen molar-refractivity contribution in [2.24, 2.45) is 0 Å². The van der Waals surface area contributed by atoms with E-state index >= 15 is 0 Å². The van der Waals surface area contributed by atoms with Crippen LogP contribution in [-0.4, -0.2) is 11.1 Å². The third-order valence-corrected chi connectivity index (χ3v) is 4.38. The summed E-state index contributed by atoms with van der Waals surface area (Å²) < 4.78 is 0. The van der Waals surface area contributed by atoms with E-state index in [9.17, 15) is 4.79 Å². The summed E-state index contributed by atoms with van der Waals surface area (Å²) in [4.78, 5) is 12.3. The molecule has 19 heavy (non-hydrogen) atoms. The Morgan fingerprint density at radius 3 is 2.74 bits per heavy atom. The summed E-state index contributed by atoms with van der Waals surface area (Å²) in [7, 11) is 0. The standard InChI is InChI=1S/C14H14ClNO2S/c1-9-6-12(14(17)18)19-13(9)8-16-7-10-4-2-3-5-11(10)15/h2-6,16H,7-8H2,1H3,(H,17,18). The van der Waals surface area contributed by atoms with Gasteiger partial charge in [0.25, 0.3) is 0 Å². The van der Waals surface area contributed by atoms with Crippen LogP contribution in [0.2, 0.25) is 5.02 Å². The summed E-state index contributed by atoms with van der Waals surface area (Å²) in [6, 6.07) is 9.38. The number of carboxylic acid groups (broad SMARTS) is 1. The molecule has 0 spiro atoms. The number of rotatable bonds is 5. The van der Waals surface area contributed by atoms with Gasteiger partial charge in [0.1, 0.15) is 4.88 Å². The summed E-state index contributed by atoms with van der Waals surface area (Å²) >= 11 is 7.38. The lowest BCUT2D eigenvalue weighted by Gasteiger charge is -2.06. The van der Waals surface area contributed by atoms with E-state index in [-0.39, 0.29) is 0 Å². The summed E-state index contributed by atoms with van der Waals surface area (Å²) in [6.45, 7) is 3.24. The molecule has 1 heterocycles. The zero-order chi connectivity index (χ0) is 13.8. The largest absolute Gasteiger partial charge is 0.477 e. The highest BCUT2D eigenvalue weighted by molar-refractivity contribution is 7.14. The van der Waals surface area contributed by atoms with Gasteiger partial charge < -0.3 is 10.4 Å². The second-order valence-corrected chi connectivity index (χ2v) is 5.76. The summed E-state index contributed by atoms with van der Waals surface area (Å²) in [5, 5.41) is 13.0. The fourth-order valence-electron chi connectivity index (χ4n) is 1.75. The lowest BCUT2D eigenvalue weighted by molar-refractivity contribution is 0.0702. The molecule has 0 saturated heterocycles. The van der Waals surface area contributed by atoms with Crippen LogP contribution in [0.5, 0.6) is 0 Å². The van der Waals surface area contributed by atoms with Gasteiger partial charge in [-0.3, -0.25) is 0 Å². The van der Waals surface area contributed by atoms with Crippen molar-refractivity contribution in [3.8, 4) is 0 Å². The van der Waals surface area contributed by atoms with Crippen molar-refractivity contribution >= 4 is 28.9 Å². The Morgan fingerprint density at radius 2 is 2.11 bits per heavy atom. The van der Waals surface area contributed by atoms with E-state index in [4.69, 9.17) is 16.7 Å². The molecule has 100 valence electrons. The molecule has 2 rings (SSSR count). The molecule has 0 aliphatic rings. The lowest BCUT2D eigenvalue weighted by atomic mass is 10.2. The van der Waals surface area contributed by atoms with Crippen LogP contribution in [0.4, 0.5) is 0 Å². The highest BCUT2D eigenvalue weighted by atomic mass is 35.5. The Kier molecular flexibility index (Phi) is 4.58. The van der Waals surface area contributed by atoms with Crippen LogP contribution in [0.15, 0.2) is 30.3 Å². The van der Waals surface area contributed by atoms with Crippen molar-refractivity contribution in [1.29, 1.82) is 0 Å². The number of benzene rings is 1. The quantitative estimate of drug-likeness (QED) is 0.884. The number of hydrogen-bond donors (Lipinski definition) is 2. The summed E-state index contributed by atoms with van der Waals surface area (Å²) in [5.74, 6) is -0.870. The van der Waals surface area contributed by atoms with E-state index in [0.29, 0.717) is 18.0 Å². The van der Waals surface area contributed by atoms with E-state index in [1.807, 2.05) is 31.2 Å². The Bertz CT molecular complexity index is 595. The molecule has 0 unspecified atom stereocenters. The molecule has 0 radical (unpaired) electrons. The molecule has 1 aromatic carbocycles. The first kappa shape index (κ1) is 14.1. The molecule has 0 atom stereocenters. The molecule has 0 aliphatic heterocycles. The fourth-order valence-corrected chi connectivity index (χ4v) is 2.94. The average molecular weight is 296 g/mol. The predicted octanol–water partition coefficient (Wildman–Crippen LogP) is 3.70. The molecule has 2 N–H and O–H groups in total. The molecule has 1 aromatic heterocycles. The molecular weight excluding hydrogens is 282 g/mol. The summed E-state index contributed by atoms with van der Waals surface area (Å²) in [5.41, 5.74) is 2.05. The zero-order valence-electron chi connectivity index (χ0n) is 10.4. The first-order valence-electron chi connectivity index (χ1n) is 5.84. The van der Waals surface area contributed by atoms with E-state index in [1.54, 1.807) is 6.07 Å². The van der Waals surface area contributed by atoms with Crippen molar-refractivity contribution in [2.45, 2.75) is 20.0 Å². The van der Waals surface area contributed by atoms with Crippen LogP contribution in [-0.2, 0) is 13.1 Å². The number of aryl methyl sites for hydroxylation is 1. The summed E-state index contributed by atoms with van der Waals surface area (Å²) in [6.07, 6.45) is 0. The van der Waals surface area contributed by atoms with Crippen molar-refractivity contribution in [1.82, 2.24) is 5.32 Å². The maximum absolute atomic E-state index is 10.9. The second kappa shape index (κ2) is 6.19. The van der Waals surface area contributed by atoms with E-state index in [1.165, 1.54) is 11.3 Å². The van der Waals surface area contributed by atoms with Crippen molar-refractivity contribution in [3.63, 3.8) is 0 Å². The highest BCUT2D eigenvalue weighted by Gasteiger charge is 2.10. The van der Waals surface area contributed by atoms with Gasteiger partial charge in [-0.2, -0.15) is 0 Å². The van der Waals surface area contributed by atoms with Crippen molar-refractivity contribution < 1.29 is 9.90 Å². The fraction of sp³-hybridized carbons (Fsp3) is 0.214. The minimum Gasteiger partial charge on any atom is -0.477 e. The molecule has 0 aliphatic carbocycles. The van der Waals surface area contributed by atoms with Gasteiger partial charge >= 0.3 is 5.97 Å². The van der Waals surface area contributed by atoms with Gasteiger partial charge in [0.15, 0.2) is 0 Å². The van der Waals surface area contributed by atoms with Gasteiger partial charge in [0.05, 0.1) is 0 Å². The maximum atomic E-state index is 10.9. The molecule has 3 nitrogen and oxygen atoms in total. The van der Waals surface area contributed by atoms with Crippen LogP contribution < -0.4 is 5.32 Å². The first-order chi connectivity index (χ1) is 9.08. The molecule has 0 bridgehead atoms. The van der Waals surface area contributed by atoms with E-state index < -0.39 is 5.97 Å². The number of thiophene rings is 1. The minimum absolute atomic E-state index is 0.382. The van der Waals surface area contributed by atoms with Crippen molar-refractivity contribution in [2.75, 3.05) is 0 Å². The third-order valence-electron chi connectivity index (χ3n) is 2.79. The molecule has 0 amide bonds. The van der Waals surface area contributed by atoms with E-state index in [0.717, 1.165) is 21.0 Å². The normalized spacial score (nSPS) is 10.6. The number of carbonyl (C=O) groups is 1. The minimum atomic E-state index is -0.870. The lowest BCUT2D eigenvalue weighted by Crippen LogP contribution is -2.12. The van der Waals surface area contributed by atoms with Gasteiger partial charge in [0.2, 0.25) is 0 Å². The highest BCUT2D eigenvalue weighted by Crippen LogP contribution is 2.22. The topological polar surface area (TPSA) is 49.3 Å². The molecule has 0 fully saturated rings. The Balaban J connectivity index is 1.96. The third kappa shape index (κ3) is 3.56. The first-order valence-corrected chi connectivity index (χ1v) is 7.04. The van der Waals surface area contributed by atoms with Gasteiger partial charge in [-0.05, 0) is 30.2 Å². The molecule has 2 aromatic rings. The maximum Gasteiger partial charge on any atom is 0.345 e. The van der Waals surface area contributed by atoms with Gasteiger partial charge in [-0.15, -0.1) is 11.3 Å². The van der Waals surface area contributed by atoms with Crippen LogP contribution in [0.3, 0.4) is 0 Å². The van der Waals surface area contributed by atoms with Crippen LogP contribution in [0.1, 0.15) is 25.7 Å². The Morgan fingerprint density at radius 1 is 1.37 bits per heavy atom. The predicted molar refractivity (Wildman–Crippen MR) is 78.0 cm³/mol. The van der Waals surface area contributed by atoms with Crippen LogP contribution in [0, 0.1) is 6.92 Å². The second-order valence-electron chi connectivity index (χ2n) is 4.22. The van der Waals surface area contributed by atoms with Crippen molar-refractivity contribution in [3.05, 3.63) is 56.2 Å². The number of aromatic carboxylic acids is 1. The van der Waals surface area contributed by atoms with Crippen LogP contribution >= 0.6 is 22.9 Å². The number of hydrogen-bond acceptors (Lipinski definition) is 3. The Labute approximate surface area is 120 Å². The SMILES string of the molecule is Cc1cc(C(=O)O)sc1CNCc1ccccc1Cl. The monoisotopic (exact) mass is 295 g/mol. The zero-order valence-corrected chi connectivity index (χ0v) is 12.0. The van der Waals surface area contributed by atoms with Crippen LogP contribution in [0.25, 0.3) is 0 Å². The average Bonchev–Trinajstić information content (AvgIpc) is 2.74. The van der Waals surface area contributed by atoms with Gasteiger partial charge in [-0.25, -0.2) is 4.79 Å². The number of halogens is 1. The van der Waals surface area contributed by atoms with Gasteiger partial charge in [-0.1, -0.05) is 29.8 Å². The molecule has 5 heteroatoms.